The van der Waals surface area contributed by atoms with E-state index >= 15 is 0 Å². The van der Waals surface area contributed by atoms with E-state index in [1.54, 1.807) is 24.3 Å². The van der Waals surface area contributed by atoms with E-state index in [1.807, 2.05) is 0 Å². The first kappa shape index (κ1) is 23.2. The standard InChI is InChI=1S/C25H22F4N2O4/c1-33-20-10-14-15(11-21(20)34-2)23(18-9-12-8-13(26)6-7-16(12)30-18)31-17-4-3-5-19(22(14)17)35-24(32)25(27,28)29/h6-11,17,19,22,30H,3-5H2,1-2H3. The van der Waals surface area contributed by atoms with Gasteiger partial charge in [0, 0.05) is 22.4 Å². The van der Waals surface area contributed by atoms with Gasteiger partial charge in [-0.05, 0) is 61.2 Å². The molecule has 1 saturated carbocycles. The molecule has 35 heavy (non-hydrogen) atoms. The van der Waals surface area contributed by atoms with Gasteiger partial charge in [-0.25, -0.2) is 9.18 Å². The van der Waals surface area contributed by atoms with Gasteiger partial charge in [0.2, 0.25) is 0 Å². The Hall–Kier alpha value is -3.56. The van der Waals surface area contributed by atoms with E-state index in [0.29, 0.717) is 57.8 Å². The largest absolute Gasteiger partial charge is 0.493 e. The van der Waals surface area contributed by atoms with E-state index in [0.717, 1.165) is 0 Å². The van der Waals surface area contributed by atoms with Crippen LogP contribution in [0.4, 0.5) is 17.6 Å². The lowest BCUT2D eigenvalue weighted by molar-refractivity contribution is -0.207. The maximum Gasteiger partial charge on any atom is 0.490 e. The zero-order valence-corrected chi connectivity index (χ0v) is 18.9. The molecule has 0 bridgehead atoms. The van der Waals surface area contributed by atoms with Gasteiger partial charge in [-0.2, -0.15) is 13.2 Å². The number of carbonyl (C=O) groups is 1. The molecule has 2 aromatic carbocycles. The lowest BCUT2D eigenvalue weighted by Crippen LogP contribution is -2.42. The lowest BCUT2D eigenvalue weighted by atomic mass is 9.73. The van der Waals surface area contributed by atoms with Gasteiger partial charge in [0.25, 0.3) is 0 Å². The molecule has 0 saturated heterocycles. The first-order valence-electron chi connectivity index (χ1n) is 11.1. The van der Waals surface area contributed by atoms with Crippen LogP contribution in [0.15, 0.2) is 41.4 Å². The van der Waals surface area contributed by atoms with E-state index in [2.05, 4.69) is 4.98 Å². The maximum atomic E-state index is 13.8. The Morgan fingerprint density at radius 1 is 1.06 bits per heavy atom. The minimum Gasteiger partial charge on any atom is -0.493 e. The van der Waals surface area contributed by atoms with Crippen LogP contribution >= 0.6 is 0 Å². The van der Waals surface area contributed by atoms with Crippen LogP contribution < -0.4 is 9.47 Å². The van der Waals surface area contributed by atoms with Crippen LogP contribution in [-0.2, 0) is 9.53 Å². The van der Waals surface area contributed by atoms with Crippen molar-refractivity contribution in [3.05, 3.63) is 59.0 Å². The fourth-order valence-corrected chi connectivity index (χ4v) is 5.08. The summed E-state index contributed by atoms with van der Waals surface area (Å²) in [4.78, 5) is 19.9. The molecule has 3 aromatic rings. The number of methoxy groups -OCH3 is 2. The number of hydrogen-bond donors (Lipinski definition) is 1. The molecule has 184 valence electrons. The Kier molecular flexibility index (Phi) is 5.69. The monoisotopic (exact) mass is 490 g/mol. The number of alkyl halides is 3. The van der Waals surface area contributed by atoms with Crippen molar-refractivity contribution < 1.29 is 36.6 Å². The lowest BCUT2D eigenvalue weighted by Gasteiger charge is -2.40. The summed E-state index contributed by atoms with van der Waals surface area (Å²) in [6.45, 7) is 0. The first-order valence-corrected chi connectivity index (χ1v) is 11.1. The minimum absolute atomic E-state index is 0.285. The normalized spacial score (nSPS) is 21.7. The summed E-state index contributed by atoms with van der Waals surface area (Å²) in [7, 11) is 2.95. The van der Waals surface area contributed by atoms with Gasteiger partial charge in [-0.15, -0.1) is 0 Å². The Balaban J connectivity index is 1.65. The van der Waals surface area contributed by atoms with Gasteiger partial charge < -0.3 is 19.2 Å². The van der Waals surface area contributed by atoms with Crippen LogP contribution in [0.25, 0.3) is 10.9 Å². The highest BCUT2D eigenvalue weighted by Gasteiger charge is 2.47. The van der Waals surface area contributed by atoms with Crippen LogP contribution in [0.1, 0.15) is 42.0 Å². The van der Waals surface area contributed by atoms with Gasteiger partial charge in [0.1, 0.15) is 11.9 Å². The average molecular weight is 490 g/mol. The average Bonchev–Trinajstić information content (AvgIpc) is 3.24. The van der Waals surface area contributed by atoms with Crippen LogP contribution in [0.3, 0.4) is 0 Å². The van der Waals surface area contributed by atoms with Crippen LogP contribution in [0, 0.1) is 5.82 Å². The van der Waals surface area contributed by atoms with Gasteiger partial charge in [0.05, 0.1) is 31.7 Å². The topological polar surface area (TPSA) is 72.9 Å². The number of rotatable bonds is 4. The number of benzene rings is 2. The van der Waals surface area contributed by atoms with Gasteiger partial charge >= 0.3 is 12.1 Å². The van der Waals surface area contributed by atoms with Crippen molar-refractivity contribution in [1.82, 2.24) is 4.98 Å². The molecule has 1 aliphatic carbocycles. The second-order valence-electron chi connectivity index (χ2n) is 8.65. The second-order valence-corrected chi connectivity index (χ2v) is 8.65. The predicted molar refractivity (Wildman–Crippen MR) is 120 cm³/mol. The third-order valence-corrected chi connectivity index (χ3v) is 6.60. The Labute approximate surface area is 197 Å². The van der Waals surface area contributed by atoms with Gasteiger partial charge in [0.15, 0.2) is 11.5 Å². The maximum absolute atomic E-state index is 13.8. The van der Waals surface area contributed by atoms with E-state index in [-0.39, 0.29) is 12.2 Å². The highest BCUT2D eigenvalue weighted by molar-refractivity contribution is 6.15. The molecular weight excluding hydrogens is 468 g/mol. The summed E-state index contributed by atoms with van der Waals surface area (Å²) in [6, 6.07) is 9.17. The number of fused-ring (bicyclic) bond motifs is 4. The summed E-state index contributed by atoms with van der Waals surface area (Å²) in [5.41, 5.74) is 3.19. The molecule has 3 unspecified atom stereocenters. The zero-order chi connectivity index (χ0) is 24.9. The van der Waals surface area contributed by atoms with Crippen molar-refractivity contribution in [3.63, 3.8) is 0 Å². The van der Waals surface area contributed by atoms with Crippen LogP contribution in [0.5, 0.6) is 11.5 Å². The molecule has 0 amide bonds. The fourth-order valence-electron chi connectivity index (χ4n) is 5.08. The van der Waals surface area contributed by atoms with Crippen molar-refractivity contribution in [3.8, 4) is 11.5 Å². The van der Waals surface area contributed by atoms with Gasteiger partial charge in [-0.1, -0.05) is 0 Å². The third-order valence-electron chi connectivity index (χ3n) is 6.60. The van der Waals surface area contributed by atoms with Crippen LogP contribution in [-0.4, -0.2) is 49.2 Å². The van der Waals surface area contributed by atoms with Crippen molar-refractivity contribution in [1.29, 1.82) is 0 Å². The number of aromatic amines is 1. The summed E-state index contributed by atoms with van der Waals surface area (Å²) < 4.78 is 68.6. The highest BCUT2D eigenvalue weighted by Crippen LogP contribution is 2.46. The van der Waals surface area contributed by atoms with E-state index < -0.39 is 30.2 Å². The smallest absolute Gasteiger partial charge is 0.490 e. The molecular formula is C25H22F4N2O4. The number of nitrogens with zero attached hydrogens (tertiary/aromatic N) is 1. The highest BCUT2D eigenvalue weighted by atomic mass is 19.4. The molecule has 6 nitrogen and oxygen atoms in total. The zero-order valence-electron chi connectivity index (χ0n) is 18.9. The number of halogens is 4. The molecule has 5 rings (SSSR count). The summed E-state index contributed by atoms with van der Waals surface area (Å²) >= 11 is 0. The van der Waals surface area contributed by atoms with Crippen molar-refractivity contribution in [2.45, 2.75) is 43.5 Å². The Bertz CT molecular complexity index is 1330. The SMILES string of the molecule is COc1cc2c(cc1OC)C1C(CCCC1OC(=O)C(F)(F)F)N=C2c1cc2cc(F)ccc2[nH]1. The number of aromatic nitrogens is 1. The Morgan fingerprint density at radius 2 is 1.80 bits per heavy atom. The number of hydrogen-bond acceptors (Lipinski definition) is 5. The third kappa shape index (κ3) is 4.11. The van der Waals surface area contributed by atoms with Crippen molar-refractivity contribution in [2.75, 3.05) is 14.2 Å². The summed E-state index contributed by atoms with van der Waals surface area (Å²) in [5.74, 6) is -2.36. The van der Waals surface area contributed by atoms with Gasteiger partial charge in [-0.3, -0.25) is 4.99 Å². The first-order chi connectivity index (χ1) is 16.7. The predicted octanol–water partition coefficient (Wildman–Crippen LogP) is 5.29. The summed E-state index contributed by atoms with van der Waals surface area (Å²) in [6.07, 6.45) is -4.64. The van der Waals surface area contributed by atoms with E-state index in [4.69, 9.17) is 19.2 Å². The number of ether oxygens (including phenoxy) is 3. The number of nitrogens with one attached hydrogen (secondary N) is 1. The molecule has 0 radical (unpaired) electrons. The molecule has 10 heteroatoms. The van der Waals surface area contributed by atoms with Crippen molar-refractivity contribution in [2.24, 2.45) is 4.99 Å². The van der Waals surface area contributed by atoms with E-state index in [1.165, 1.54) is 26.4 Å². The molecule has 0 spiro atoms. The number of esters is 1. The quantitative estimate of drug-likeness (QED) is 0.399. The summed E-state index contributed by atoms with van der Waals surface area (Å²) in [5, 5.41) is 0.660. The number of aliphatic imine (C=N–C) groups is 1. The molecule has 2 heterocycles. The van der Waals surface area contributed by atoms with Crippen molar-refractivity contribution >= 4 is 22.6 Å². The minimum atomic E-state index is -5.09. The number of carbonyl (C=O) groups excluding carboxylic acids is 1. The number of H-pyrrole nitrogens is 1. The second kappa shape index (κ2) is 8.58. The molecule has 3 atom stereocenters. The molecule has 1 aliphatic heterocycles. The van der Waals surface area contributed by atoms with Crippen LogP contribution in [0.2, 0.25) is 0 Å². The Morgan fingerprint density at radius 3 is 2.51 bits per heavy atom. The molecule has 1 aromatic heterocycles. The molecule has 1 N–H and O–H groups in total. The van der Waals surface area contributed by atoms with E-state index in [9.17, 15) is 22.4 Å². The molecule has 1 fully saturated rings. The molecule has 2 aliphatic rings. The fraction of sp³-hybridized carbons (Fsp3) is 0.360.